The Morgan fingerprint density at radius 2 is 1.40 bits per heavy atom. The fraction of sp³-hybridized carbons (Fsp3) is 1.00. The topological polar surface area (TPSA) is 6.48 Å². The van der Waals surface area contributed by atoms with E-state index in [-0.39, 0.29) is 0 Å². The molecule has 0 spiro atoms. The van der Waals surface area contributed by atoms with E-state index < -0.39 is 0 Å². The maximum absolute atomic E-state index is 3.02. The van der Waals surface area contributed by atoms with Crippen molar-refractivity contribution in [3.05, 3.63) is 0 Å². The van der Waals surface area contributed by atoms with E-state index in [0.717, 1.165) is 72.8 Å². The van der Waals surface area contributed by atoms with Crippen molar-refractivity contribution in [1.82, 2.24) is 9.80 Å². The Kier molecular flexibility index (Phi) is 7.06. The molecule has 170 valence electrons. The molecule has 4 heteroatoms. The van der Waals surface area contributed by atoms with E-state index in [1.165, 1.54) is 51.3 Å². The van der Waals surface area contributed by atoms with Gasteiger partial charge in [-0.1, -0.05) is 79.6 Å². The highest BCUT2D eigenvalue weighted by Crippen LogP contribution is 2.46. The summed E-state index contributed by atoms with van der Waals surface area (Å²) < 4.78 is 0. The monoisotopic (exact) mass is 412 g/mol. The van der Waals surface area contributed by atoms with Crippen molar-refractivity contribution in [2.75, 3.05) is 19.6 Å². The normalized spacial score (nSPS) is 48.8. The molecule has 4 saturated heterocycles. The van der Waals surface area contributed by atoms with E-state index in [9.17, 15) is 0 Å². The molecule has 10 unspecified atom stereocenters. The maximum atomic E-state index is 3.02. The van der Waals surface area contributed by atoms with Gasteiger partial charge in [0.2, 0.25) is 0 Å². The minimum atomic E-state index is 0.730. The summed E-state index contributed by atoms with van der Waals surface area (Å²) in [4.78, 5) is 5.95. The van der Waals surface area contributed by atoms with Gasteiger partial charge in [0, 0.05) is 12.1 Å². The van der Waals surface area contributed by atoms with E-state index in [4.69, 9.17) is 0 Å². The first-order valence-corrected chi connectivity index (χ1v) is 13.7. The summed E-state index contributed by atoms with van der Waals surface area (Å²) in [6, 6.07) is 2.45. The van der Waals surface area contributed by atoms with E-state index in [0.29, 0.717) is 0 Å². The van der Waals surface area contributed by atoms with Gasteiger partial charge >= 0.3 is 0 Å². The molecule has 2 nitrogen and oxygen atoms in total. The third-order valence-electron chi connectivity index (χ3n) is 11.5. The standard InChI is InChI=1S/C26H50B2N2/c1-9-27-12-26-13-28-11-25-10-17(2)19(4)20(5)21(6)22(7)23(8)30(25)16-24(28)15-29(26)14-18(27)3/h17-26H,9-16H2,1-8H3. The average Bonchev–Trinajstić information content (AvgIpc) is 2.75. The third kappa shape index (κ3) is 4.18. The fourth-order valence-electron chi connectivity index (χ4n) is 8.42. The summed E-state index contributed by atoms with van der Waals surface area (Å²) in [5.74, 6) is 5.96. The smallest absolute Gasteiger partial charge is 0.149 e. The summed E-state index contributed by atoms with van der Waals surface area (Å²) in [5, 5.41) is 0. The Balaban J connectivity index is 1.53. The highest BCUT2D eigenvalue weighted by Gasteiger charge is 2.49. The molecular formula is C26H50B2N2. The first-order valence-electron chi connectivity index (χ1n) is 13.7. The zero-order valence-corrected chi connectivity index (χ0v) is 21.5. The molecule has 0 amide bonds. The van der Waals surface area contributed by atoms with Gasteiger partial charge in [0.05, 0.1) is 0 Å². The summed E-state index contributed by atoms with van der Waals surface area (Å²) in [5.41, 5.74) is 0. The lowest BCUT2D eigenvalue weighted by molar-refractivity contribution is 0.0642. The molecular weight excluding hydrogens is 362 g/mol. The van der Waals surface area contributed by atoms with Crippen LogP contribution >= 0.6 is 0 Å². The summed E-state index contributed by atoms with van der Waals surface area (Å²) in [6.07, 6.45) is 7.28. The predicted molar refractivity (Wildman–Crippen MR) is 135 cm³/mol. The van der Waals surface area contributed by atoms with E-state index in [1.54, 1.807) is 0 Å². The van der Waals surface area contributed by atoms with Crippen molar-refractivity contribution in [3.8, 4) is 0 Å². The molecule has 0 radical (unpaired) electrons. The first-order chi connectivity index (χ1) is 14.2. The molecule has 4 rings (SSSR count). The minimum absolute atomic E-state index is 0.730. The van der Waals surface area contributed by atoms with Crippen LogP contribution in [0.25, 0.3) is 0 Å². The molecule has 0 N–H and O–H groups in total. The Morgan fingerprint density at radius 1 is 0.733 bits per heavy atom. The van der Waals surface area contributed by atoms with Gasteiger partial charge in [-0.05, 0) is 74.4 Å². The summed E-state index contributed by atoms with van der Waals surface area (Å²) >= 11 is 0. The molecule has 0 aromatic heterocycles. The van der Waals surface area contributed by atoms with Crippen molar-refractivity contribution < 1.29 is 0 Å². The lowest BCUT2D eigenvalue weighted by atomic mass is 9.28. The van der Waals surface area contributed by atoms with E-state index in [2.05, 4.69) is 65.2 Å². The maximum Gasteiger partial charge on any atom is 0.149 e. The van der Waals surface area contributed by atoms with Gasteiger partial charge in [-0.15, -0.1) is 0 Å². The minimum Gasteiger partial charge on any atom is -0.303 e. The zero-order valence-electron chi connectivity index (χ0n) is 21.5. The van der Waals surface area contributed by atoms with Crippen LogP contribution in [0.1, 0.15) is 61.8 Å². The van der Waals surface area contributed by atoms with Crippen LogP contribution in [0.2, 0.25) is 36.9 Å². The quantitative estimate of drug-likeness (QED) is 0.480. The van der Waals surface area contributed by atoms with Crippen LogP contribution in [0, 0.1) is 29.6 Å². The van der Waals surface area contributed by atoms with E-state index >= 15 is 0 Å². The second-order valence-electron chi connectivity index (χ2n) is 12.7. The Labute approximate surface area is 189 Å². The molecule has 4 heterocycles. The fourth-order valence-corrected chi connectivity index (χ4v) is 8.42. The molecule has 0 aromatic carbocycles. The molecule has 0 bridgehead atoms. The summed E-state index contributed by atoms with van der Waals surface area (Å²) in [7, 11) is 0. The van der Waals surface area contributed by atoms with Crippen molar-refractivity contribution >= 4 is 13.4 Å². The van der Waals surface area contributed by atoms with Gasteiger partial charge in [-0.3, -0.25) is 4.90 Å². The molecule has 0 aromatic rings. The number of nitrogens with zero attached hydrogens (tertiary/aromatic N) is 2. The third-order valence-corrected chi connectivity index (χ3v) is 11.5. The molecule has 4 aliphatic rings. The van der Waals surface area contributed by atoms with Gasteiger partial charge in [0.15, 0.2) is 0 Å². The Bertz CT molecular complexity index is 585. The van der Waals surface area contributed by atoms with Crippen LogP contribution < -0.4 is 0 Å². The number of rotatable bonds is 1. The van der Waals surface area contributed by atoms with Gasteiger partial charge in [0.25, 0.3) is 0 Å². The molecule has 4 fully saturated rings. The molecule has 30 heavy (non-hydrogen) atoms. The molecule has 10 atom stereocenters. The van der Waals surface area contributed by atoms with Crippen LogP contribution in [0.5, 0.6) is 0 Å². The van der Waals surface area contributed by atoms with Crippen LogP contribution in [0.3, 0.4) is 0 Å². The van der Waals surface area contributed by atoms with Crippen LogP contribution in [0.15, 0.2) is 0 Å². The predicted octanol–water partition coefficient (Wildman–Crippen LogP) is 6.11. The van der Waals surface area contributed by atoms with Crippen LogP contribution in [-0.4, -0.2) is 61.0 Å². The molecule has 0 saturated carbocycles. The lowest BCUT2D eigenvalue weighted by Crippen LogP contribution is -2.62. The van der Waals surface area contributed by atoms with Crippen molar-refractivity contribution in [2.45, 2.75) is 117 Å². The van der Waals surface area contributed by atoms with Crippen molar-refractivity contribution in [1.29, 1.82) is 0 Å². The lowest BCUT2D eigenvalue weighted by Gasteiger charge is -2.55. The first kappa shape index (κ1) is 23.2. The second kappa shape index (κ2) is 9.12. The van der Waals surface area contributed by atoms with Crippen molar-refractivity contribution in [2.24, 2.45) is 29.6 Å². The number of hydrogen-bond acceptors (Lipinski definition) is 2. The molecule has 0 aliphatic carbocycles. The largest absolute Gasteiger partial charge is 0.303 e. The average molecular weight is 412 g/mol. The Hall–Kier alpha value is 0.0499. The van der Waals surface area contributed by atoms with Gasteiger partial charge in [-0.2, -0.15) is 0 Å². The van der Waals surface area contributed by atoms with E-state index in [1.807, 2.05) is 0 Å². The highest BCUT2D eigenvalue weighted by molar-refractivity contribution is 6.63. The van der Waals surface area contributed by atoms with Gasteiger partial charge in [-0.25, -0.2) is 0 Å². The van der Waals surface area contributed by atoms with Crippen LogP contribution in [0.4, 0.5) is 0 Å². The van der Waals surface area contributed by atoms with Crippen LogP contribution in [-0.2, 0) is 0 Å². The number of hydrogen-bond donors (Lipinski definition) is 0. The van der Waals surface area contributed by atoms with Gasteiger partial charge < -0.3 is 4.90 Å². The Morgan fingerprint density at radius 3 is 2.10 bits per heavy atom. The molecule has 4 aliphatic heterocycles. The number of fused-ring (bicyclic) bond motifs is 3. The zero-order chi connectivity index (χ0) is 21.7. The SMILES string of the molecule is CCB1CC2CB3CC4CC(C)C(C)C(C)C(C)C(C)C(C)N4CC3CN2CC1C. The highest BCUT2D eigenvalue weighted by atomic mass is 15.2. The van der Waals surface area contributed by atoms with Crippen molar-refractivity contribution in [3.63, 3.8) is 0 Å². The van der Waals surface area contributed by atoms with Gasteiger partial charge in [0.1, 0.15) is 13.4 Å². The second-order valence-corrected chi connectivity index (χ2v) is 12.7. The summed E-state index contributed by atoms with van der Waals surface area (Å²) in [6.45, 7) is 26.4.